The summed E-state index contributed by atoms with van der Waals surface area (Å²) in [6, 6.07) is 15.0. The Labute approximate surface area is 196 Å². The van der Waals surface area contributed by atoms with Crippen LogP contribution in [0.3, 0.4) is 0 Å². The Balaban J connectivity index is 1.39. The summed E-state index contributed by atoms with van der Waals surface area (Å²) in [5, 5.41) is 0. The molecule has 7 nitrogen and oxygen atoms in total. The molecule has 1 saturated heterocycles. The normalized spacial score (nSPS) is 15.5. The van der Waals surface area contributed by atoms with E-state index in [1.807, 2.05) is 47.4 Å². The molecule has 0 N–H and O–H groups in total. The Hall–Kier alpha value is -3.65. The van der Waals surface area contributed by atoms with Crippen molar-refractivity contribution in [3.8, 4) is 0 Å². The lowest BCUT2D eigenvalue weighted by Gasteiger charge is -2.34. The molecule has 5 rings (SSSR count). The van der Waals surface area contributed by atoms with Crippen LogP contribution in [-0.4, -0.2) is 59.4 Å². The van der Waals surface area contributed by atoms with Crippen molar-refractivity contribution in [2.75, 3.05) is 42.5 Å². The average Bonchev–Trinajstić information content (AvgIpc) is 2.98. The minimum Gasteiger partial charge on any atom is -0.337 e. The maximum atomic E-state index is 13.3. The molecule has 0 radical (unpaired) electrons. The molecule has 0 saturated carbocycles. The van der Waals surface area contributed by atoms with E-state index in [0.29, 0.717) is 49.8 Å². The Morgan fingerprint density at radius 1 is 1.00 bits per heavy atom. The van der Waals surface area contributed by atoms with Crippen LogP contribution in [0.25, 0.3) is 0 Å². The summed E-state index contributed by atoms with van der Waals surface area (Å²) in [5.41, 5.74) is 1.97. The molecule has 1 fully saturated rings. The van der Waals surface area contributed by atoms with E-state index >= 15 is 0 Å². The number of piperazine rings is 1. The highest BCUT2D eigenvalue weighted by Gasteiger charge is 2.29. The van der Waals surface area contributed by atoms with E-state index in [1.165, 1.54) is 0 Å². The fourth-order valence-corrected chi connectivity index (χ4v) is 5.17. The first-order valence-electron chi connectivity index (χ1n) is 10.8. The highest BCUT2D eigenvalue weighted by molar-refractivity contribution is 7.99. The Bertz CT molecular complexity index is 1210. The summed E-state index contributed by atoms with van der Waals surface area (Å²) in [5.74, 6) is 0.562. The third kappa shape index (κ3) is 4.09. The first-order chi connectivity index (χ1) is 16.2. The van der Waals surface area contributed by atoms with E-state index in [9.17, 15) is 9.59 Å². The van der Waals surface area contributed by atoms with Gasteiger partial charge in [0.1, 0.15) is 0 Å². The topological polar surface area (TPSA) is 69.6 Å². The van der Waals surface area contributed by atoms with Gasteiger partial charge in [0.05, 0.1) is 11.3 Å². The second-order valence-corrected chi connectivity index (χ2v) is 8.90. The predicted molar refractivity (Wildman–Crippen MR) is 129 cm³/mol. The molecule has 2 aromatic carbocycles. The van der Waals surface area contributed by atoms with Gasteiger partial charge in [-0.2, -0.15) is 0 Å². The van der Waals surface area contributed by atoms with Crippen LogP contribution < -0.4 is 9.80 Å². The third-order valence-electron chi connectivity index (χ3n) is 5.79. The van der Waals surface area contributed by atoms with Gasteiger partial charge >= 0.3 is 0 Å². The van der Waals surface area contributed by atoms with Crippen LogP contribution in [0.2, 0.25) is 0 Å². The Kier molecular flexibility index (Phi) is 5.83. The minimum absolute atomic E-state index is 0.0378. The smallest absolute Gasteiger partial charge is 0.259 e. The van der Waals surface area contributed by atoms with Gasteiger partial charge in [0.15, 0.2) is 0 Å². The zero-order valence-corrected chi connectivity index (χ0v) is 18.9. The molecule has 2 amide bonds. The van der Waals surface area contributed by atoms with Crippen LogP contribution in [0.5, 0.6) is 0 Å². The number of nitrogens with zero attached hydrogens (tertiary/aromatic N) is 5. The van der Waals surface area contributed by atoms with Crippen LogP contribution in [0.4, 0.5) is 11.6 Å². The second kappa shape index (κ2) is 9.07. The molecule has 0 bridgehead atoms. The molecule has 0 unspecified atom stereocenters. The third-order valence-corrected chi connectivity index (χ3v) is 6.93. The van der Waals surface area contributed by atoms with Gasteiger partial charge in [0, 0.05) is 60.5 Å². The highest BCUT2D eigenvalue weighted by Crippen LogP contribution is 2.41. The van der Waals surface area contributed by atoms with Gasteiger partial charge in [0.25, 0.3) is 11.8 Å². The first kappa shape index (κ1) is 21.2. The molecule has 1 aromatic heterocycles. The van der Waals surface area contributed by atoms with E-state index in [-0.39, 0.29) is 11.8 Å². The number of rotatable bonds is 4. The van der Waals surface area contributed by atoms with Crippen molar-refractivity contribution in [1.82, 2.24) is 14.9 Å². The Morgan fingerprint density at radius 3 is 2.52 bits per heavy atom. The molecular weight excluding hydrogens is 434 g/mol. The second-order valence-electron chi connectivity index (χ2n) is 7.81. The van der Waals surface area contributed by atoms with E-state index in [1.54, 1.807) is 41.2 Å². The van der Waals surface area contributed by atoms with Gasteiger partial charge in [-0.1, -0.05) is 30.0 Å². The molecule has 0 aliphatic carbocycles. The van der Waals surface area contributed by atoms with Crippen molar-refractivity contribution in [3.63, 3.8) is 0 Å². The molecule has 3 heterocycles. The molecule has 2 aliphatic heterocycles. The van der Waals surface area contributed by atoms with Crippen molar-refractivity contribution in [2.45, 2.75) is 9.79 Å². The molecule has 0 spiro atoms. The van der Waals surface area contributed by atoms with E-state index in [2.05, 4.69) is 21.4 Å². The molecule has 33 heavy (non-hydrogen) atoms. The quantitative estimate of drug-likeness (QED) is 0.556. The van der Waals surface area contributed by atoms with Crippen molar-refractivity contribution < 1.29 is 9.59 Å². The zero-order chi connectivity index (χ0) is 22.8. The minimum atomic E-state index is -0.0853. The fourth-order valence-electron chi connectivity index (χ4n) is 4.11. The van der Waals surface area contributed by atoms with Crippen LogP contribution in [-0.2, 0) is 0 Å². The van der Waals surface area contributed by atoms with Gasteiger partial charge in [-0.25, -0.2) is 9.97 Å². The molecule has 3 aromatic rings. The van der Waals surface area contributed by atoms with Crippen LogP contribution in [0.15, 0.2) is 83.4 Å². The van der Waals surface area contributed by atoms with Gasteiger partial charge < -0.3 is 14.7 Å². The lowest BCUT2D eigenvalue weighted by molar-refractivity contribution is 0.0745. The molecule has 166 valence electrons. The number of carbonyl (C=O) groups excluding carboxylic acids is 2. The number of fused-ring (bicyclic) bond motifs is 2. The molecule has 8 heteroatoms. The first-order valence-corrected chi connectivity index (χ1v) is 11.6. The van der Waals surface area contributed by atoms with Gasteiger partial charge in [-0.15, -0.1) is 6.58 Å². The number of hydrogen-bond acceptors (Lipinski definition) is 6. The standard InChI is InChI=1S/C25H23N5O2S/c1-2-12-30-20-17-18(8-9-22(20)33-21-7-4-3-6-19(21)24(30)32)23(31)28-13-15-29(16-14-28)25-26-10-5-11-27-25/h2-11,17H,1,12-16H2. The van der Waals surface area contributed by atoms with Crippen molar-refractivity contribution in [2.24, 2.45) is 0 Å². The van der Waals surface area contributed by atoms with Gasteiger partial charge in [0.2, 0.25) is 5.95 Å². The summed E-state index contributed by atoms with van der Waals surface area (Å²) < 4.78 is 0. The lowest BCUT2D eigenvalue weighted by atomic mass is 10.1. The summed E-state index contributed by atoms with van der Waals surface area (Å²) in [6.07, 6.45) is 5.16. The van der Waals surface area contributed by atoms with Gasteiger partial charge in [-0.05, 0) is 36.4 Å². The monoisotopic (exact) mass is 457 g/mol. The number of amides is 2. The van der Waals surface area contributed by atoms with Crippen LogP contribution >= 0.6 is 11.8 Å². The summed E-state index contributed by atoms with van der Waals surface area (Å²) in [7, 11) is 0. The number of aromatic nitrogens is 2. The van der Waals surface area contributed by atoms with Crippen molar-refractivity contribution in [3.05, 3.63) is 84.7 Å². The summed E-state index contributed by atoms with van der Waals surface area (Å²) >= 11 is 1.55. The highest BCUT2D eigenvalue weighted by atomic mass is 32.2. The van der Waals surface area contributed by atoms with Crippen LogP contribution in [0, 0.1) is 0 Å². The number of carbonyl (C=O) groups is 2. The van der Waals surface area contributed by atoms with E-state index in [0.717, 1.165) is 15.5 Å². The van der Waals surface area contributed by atoms with Crippen LogP contribution in [0.1, 0.15) is 20.7 Å². The average molecular weight is 458 g/mol. The summed E-state index contributed by atoms with van der Waals surface area (Å²) in [6.45, 7) is 6.71. The largest absolute Gasteiger partial charge is 0.337 e. The SMILES string of the molecule is C=CCN1C(=O)c2ccccc2Sc2ccc(C(=O)N3CCN(c4ncccn4)CC3)cc21. The summed E-state index contributed by atoms with van der Waals surface area (Å²) in [4.78, 5) is 42.7. The fraction of sp³-hybridized carbons (Fsp3) is 0.200. The Morgan fingerprint density at radius 2 is 1.76 bits per heavy atom. The lowest BCUT2D eigenvalue weighted by Crippen LogP contribution is -2.49. The zero-order valence-electron chi connectivity index (χ0n) is 18.1. The molecule has 0 atom stereocenters. The van der Waals surface area contributed by atoms with E-state index < -0.39 is 0 Å². The van der Waals surface area contributed by atoms with Crippen molar-refractivity contribution >= 4 is 35.2 Å². The van der Waals surface area contributed by atoms with Gasteiger partial charge in [-0.3, -0.25) is 9.59 Å². The maximum absolute atomic E-state index is 13.3. The number of anilines is 2. The number of benzene rings is 2. The predicted octanol–water partition coefficient (Wildman–Crippen LogP) is 3.74. The van der Waals surface area contributed by atoms with E-state index in [4.69, 9.17) is 0 Å². The molecule has 2 aliphatic rings. The number of hydrogen-bond donors (Lipinski definition) is 0. The molecular formula is C25H23N5O2S. The maximum Gasteiger partial charge on any atom is 0.259 e. The van der Waals surface area contributed by atoms with Crippen molar-refractivity contribution in [1.29, 1.82) is 0 Å².